The lowest BCUT2D eigenvalue weighted by molar-refractivity contribution is 0.466. The maximum absolute atomic E-state index is 5.82. The highest BCUT2D eigenvalue weighted by Crippen LogP contribution is 2.51. The van der Waals surface area contributed by atoms with Crippen molar-refractivity contribution < 1.29 is 0 Å². The van der Waals surface area contributed by atoms with E-state index in [0.717, 1.165) is 11.6 Å². The Bertz CT molecular complexity index is 437. The van der Waals surface area contributed by atoms with Crippen LogP contribution < -0.4 is 11.1 Å². The van der Waals surface area contributed by atoms with Crippen LogP contribution >= 0.6 is 0 Å². The fourth-order valence-electron chi connectivity index (χ4n) is 3.06. The fourth-order valence-corrected chi connectivity index (χ4v) is 3.06. The van der Waals surface area contributed by atoms with Crippen LogP contribution in [0.25, 0.3) is 0 Å². The molecule has 1 fully saturated rings. The van der Waals surface area contributed by atoms with Gasteiger partial charge in [-0.3, -0.25) is 0 Å². The maximum atomic E-state index is 5.82. The summed E-state index contributed by atoms with van der Waals surface area (Å²) in [6.45, 7) is 5.90. The van der Waals surface area contributed by atoms with Gasteiger partial charge >= 0.3 is 0 Å². The highest BCUT2D eigenvalue weighted by Gasteiger charge is 2.45. The van der Waals surface area contributed by atoms with Gasteiger partial charge in [-0.25, -0.2) is 0 Å². The number of nitrogen functional groups attached to an aromatic ring is 1. The number of anilines is 1. The molecule has 2 atom stereocenters. The number of nitrogens with two attached hydrogens (primary N) is 1. The first-order valence-corrected chi connectivity index (χ1v) is 6.68. The summed E-state index contributed by atoms with van der Waals surface area (Å²) < 4.78 is 0. The molecule has 92 valence electrons. The van der Waals surface area contributed by atoms with Gasteiger partial charge in [-0.05, 0) is 60.4 Å². The molecule has 17 heavy (non-hydrogen) atoms. The van der Waals surface area contributed by atoms with Crippen LogP contribution in [0.5, 0.6) is 0 Å². The van der Waals surface area contributed by atoms with Crippen LogP contribution in [0.15, 0.2) is 18.2 Å². The van der Waals surface area contributed by atoms with Gasteiger partial charge in [0.2, 0.25) is 0 Å². The van der Waals surface area contributed by atoms with Crippen LogP contribution in [0.1, 0.15) is 43.9 Å². The highest BCUT2D eigenvalue weighted by molar-refractivity contribution is 5.47. The van der Waals surface area contributed by atoms with Gasteiger partial charge < -0.3 is 11.1 Å². The lowest BCUT2D eigenvalue weighted by Gasteiger charge is -2.15. The number of hydrogen-bond donors (Lipinski definition) is 2. The zero-order valence-electron chi connectivity index (χ0n) is 10.8. The molecule has 0 aliphatic heterocycles. The number of benzene rings is 1. The Hall–Kier alpha value is -1.02. The molecule has 0 radical (unpaired) electrons. The average Bonchev–Trinajstić information content (AvgIpc) is 2.71. The van der Waals surface area contributed by atoms with E-state index in [0.29, 0.717) is 11.5 Å². The van der Waals surface area contributed by atoms with E-state index in [2.05, 4.69) is 31.3 Å². The summed E-state index contributed by atoms with van der Waals surface area (Å²) in [6, 6.07) is 6.92. The van der Waals surface area contributed by atoms with Gasteiger partial charge in [-0.2, -0.15) is 0 Å². The predicted molar refractivity (Wildman–Crippen MR) is 71.8 cm³/mol. The maximum Gasteiger partial charge on any atom is 0.0326 e. The molecule has 0 bridgehead atoms. The molecule has 3 N–H and O–H groups in total. The molecular formula is C15H22N2. The Balaban J connectivity index is 1.64. The van der Waals surface area contributed by atoms with E-state index < -0.39 is 0 Å². The molecule has 1 aromatic rings. The van der Waals surface area contributed by atoms with Gasteiger partial charge in [0, 0.05) is 11.7 Å². The second kappa shape index (κ2) is 3.74. The fraction of sp³-hybridized carbons (Fsp3) is 0.600. The predicted octanol–water partition coefficient (Wildman–Crippen LogP) is 2.89. The van der Waals surface area contributed by atoms with Gasteiger partial charge in [0.15, 0.2) is 0 Å². The monoisotopic (exact) mass is 230 g/mol. The molecule has 1 saturated carbocycles. The van der Waals surface area contributed by atoms with E-state index >= 15 is 0 Å². The van der Waals surface area contributed by atoms with Gasteiger partial charge in [0.05, 0.1) is 0 Å². The lowest BCUT2D eigenvalue weighted by atomic mass is 10.1. The van der Waals surface area contributed by atoms with E-state index in [1.165, 1.54) is 36.9 Å². The van der Waals surface area contributed by atoms with Gasteiger partial charge in [-0.1, -0.05) is 19.9 Å². The zero-order chi connectivity index (χ0) is 12.0. The lowest BCUT2D eigenvalue weighted by Crippen LogP contribution is -2.22. The molecule has 3 rings (SSSR count). The normalized spacial score (nSPS) is 29.1. The molecule has 2 unspecified atom stereocenters. The van der Waals surface area contributed by atoms with Crippen molar-refractivity contribution in [3.05, 3.63) is 29.3 Å². The third-order valence-electron chi connectivity index (χ3n) is 4.57. The highest BCUT2D eigenvalue weighted by atomic mass is 14.9. The Morgan fingerprint density at radius 3 is 2.88 bits per heavy atom. The van der Waals surface area contributed by atoms with Crippen molar-refractivity contribution in [3.8, 4) is 0 Å². The van der Waals surface area contributed by atoms with Gasteiger partial charge in [0.1, 0.15) is 0 Å². The Morgan fingerprint density at radius 1 is 1.41 bits per heavy atom. The van der Waals surface area contributed by atoms with Crippen molar-refractivity contribution in [2.75, 3.05) is 12.3 Å². The summed E-state index contributed by atoms with van der Waals surface area (Å²) in [5.41, 5.74) is 10.2. The number of fused-ring (bicyclic) bond motifs is 1. The largest absolute Gasteiger partial charge is 0.399 e. The van der Waals surface area contributed by atoms with Crippen molar-refractivity contribution >= 4 is 5.69 Å². The number of nitrogens with one attached hydrogen (secondary N) is 1. The minimum atomic E-state index is 0.557. The van der Waals surface area contributed by atoms with Gasteiger partial charge in [-0.15, -0.1) is 0 Å². The first-order valence-electron chi connectivity index (χ1n) is 6.68. The van der Waals surface area contributed by atoms with Crippen molar-refractivity contribution in [2.24, 2.45) is 11.3 Å². The van der Waals surface area contributed by atoms with Crippen molar-refractivity contribution in [1.82, 2.24) is 5.32 Å². The van der Waals surface area contributed by atoms with Gasteiger partial charge in [0.25, 0.3) is 0 Å². The molecule has 2 nitrogen and oxygen atoms in total. The molecule has 0 amide bonds. The number of rotatable bonds is 3. The van der Waals surface area contributed by atoms with E-state index in [-0.39, 0.29) is 0 Å². The summed E-state index contributed by atoms with van der Waals surface area (Å²) in [6.07, 6.45) is 3.78. The van der Waals surface area contributed by atoms with E-state index in [1.807, 2.05) is 6.07 Å². The molecular weight excluding hydrogens is 208 g/mol. The number of hydrogen-bond acceptors (Lipinski definition) is 2. The Morgan fingerprint density at radius 2 is 2.18 bits per heavy atom. The minimum Gasteiger partial charge on any atom is -0.399 e. The SMILES string of the molecule is CC1(C)CC1CNC1CCc2cc(N)ccc21. The zero-order valence-corrected chi connectivity index (χ0v) is 10.8. The van der Waals surface area contributed by atoms with E-state index in [9.17, 15) is 0 Å². The smallest absolute Gasteiger partial charge is 0.0326 e. The quantitative estimate of drug-likeness (QED) is 0.784. The van der Waals surface area contributed by atoms with Crippen molar-refractivity contribution in [3.63, 3.8) is 0 Å². The first kappa shape index (κ1) is 11.1. The van der Waals surface area contributed by atoms with Crippen LogP contribution in [-0.4, -0.2) is 6.54 Å². The van der Waals surface area contributed by atoms with Crippen LogP contribution in [0.2, 0.25) is 0 Å². The third-order valence-corrected chi connectivity index (χ3v) is 4.57. The molecule has 2 aliphatic rings. The summed E-state index contributed by atoms with van der Waals surface area (Å²) in [4.78, 5) is 0. The van der Waals surface area contributed by atoms with E-state index in [1.54, 1.807) is 0 Å². The molecule has 0 spiro atoms. The molecule has 0 heterocycles. The summed E-state index contributed by atoms with van der Waals surface area (Å²) in [5.74, 6) is 0.875. The molecule has 0 saturated heterocycles. The Labute approximate surface area is 104 Å². The standard InChI is InChI=1S/C15H22N2/c1-15(2)8-11(15)9-17-14-6-3-10-7-12(16)4-5-13(10)14/h4-5,7,11,14,17H,3,6,8-9,16H2,1-2H3. The molecule has 0 aromatic heterocycles. The first-order chi connectivity index (χ1) is 8.06. The summed E-state index contributed by atoms with van der Waals surface area (Å²) in [7, 11) is 0. The Kier molecular flexibility index (Phi) is 2.44. The average molecular weight is 230 g/mol. The van der Waals surface area contributed by atoms with Crippen LogP contribution in [0, 0.1) is 11.3 Å². The van der Waals surface area contributed by atoms with Crippen LogP contribution in [0.4, 0.5) is 5.69 Å². The summed E-state index contributed by atoms with van der Waals surface area (Å²) in [5, 5.41) is 3.73. The summed E-state index contributed by atoms with van der Waals surface area (Å²) >= 11 is 0. The second-order valence-electron chi connectivity index (χ2n) is 6.35. The topological polar surface area (TPSA) is 38.0 Å². The van der Waals surface area contributed by atoms with Crippen molar-refractivity contribution in [2.45, 2.75) is 39.2 Å². The third kappa shape index (κ3) is 2.06. The van der Waals surface area contributed by atoms with Crippen molar-refractivity contribution in [1.29, 1.82) is 0 Å². The van der Waals surface area contributed by atoms with Crippen LogP contribution in [0.3, 0.4) is 0 Å². The molecule has 2 aliphatic carbocycles. The molecule has 1 aromatic carbocycles. The van der Waals surface area contributed by atoms with Crippen LogP contribution in [-0.2, 0) is 6.42 Å². The molecule has 2 heteroatoms. The second-order valence-corrected chi connectivity index (χ2v) is 6.35. The van der Waals surface area contributed by atoms with E-state index in [4.69, 9.17) is 5.73 Å². The minimum absolute atomic E-state index is 0.557. The number of aryl methyl sites for hydroxylation is 1.